The Labute approximate surface area is 91.8 Å². The number of anilines is 1. The Bertz CT molecular complexity index is 323. The Hall–Kier alpha value is -0.870. The number of nitrogens with two attached hydrogens (primary N) is 2. The van der Waals surface area contributed by atoms with Gasteiger partial charge >= 0.3 is 0 Å². The molecule has 0 spiro atoms. The van der Waals surface area contributed by atoms with E-state index in [0.29, 0.717) is 22.9 Å². The minimum Gasteiger partial charge on any atom is -0.398 e. The number of hydrogen-bond acceptors (Lipinski definition) is 3. The molecule has 0 unspecified atom stereocenters. The van der Waals surface area contributed by atoms with E-state index in [1.807, 2.05) is 0 Å². The van der Waals surface area contributed by atoms with Gasteiger partial charge in [0.2, 0.25) is 5.91 Å². The summed E-state index contributed by atoms with van der Waals surface area (Å²) < 4.78 is 0. The molecule has 0 radical (unpaired) electrons. The first-order valence-electron chi connectivity index (χ1n) is 4.06. The number of thioether (sulfide) groups is 1. The number of hydrogen-bond donors (Lipinski definition) is 2. The zero-order chi connectivity index (χ0) is 10.6. The Morgan fingerprint density at radius 3 is 2.79 bits per heavy atom. The van der Waals surface area contributed by atoms with E-state index in [2.05, 4.69) is 0 Å². The summed E-state index contributed by atoms with van der Waals surface area (Å²) in [6, 6.07) is 5.33. The van der Waals surface area contributed by atoms with Gasteiger partial charge in [-0.15, -0.1) is 11.8 Å². The summed E-state index contributed by atoms with van der Waals surface area (Å²) in [4.78, 5) is 11.3. The normalized spacial score (nSPS) is 10.1. The van der Waals surface area contributed by atoms with E-state index in [1.165, 1.54) is 11.8 Å². The quantitative estimate of drug-likeness (QED) is 0.613. The second-order valence-corrected chi connectivity index (χ2v) is 4.24. The van der Waals surface area contributed by atoms with Gasteiger partial charge in [0.25, 0.3) is 0 Å². The first-order chi connectivity index (χ1) is 6.61. The van der Waals surface area contributed by atoms with Gasteiger partial charge in [0.15, 0.2) is 0 Å². The topological polar surface area (TPSA) is 69.1 Å². The third-order valence-electron chi connectivity index (χ3n) is 1.59. The molecule has 4 N–H and O–H groups in total. The van der Waals surface area contributed by atoms with Crippen molar-refractivity contribution in [3.63, 3.8) is 0 Å². The molecule has 0 aromatic heterocycles. The zero-order valence-corrected chi connectivity index (χ0v) is 9.07. The van der Waals surface area contributed by atoms with E-state index >= 15 is 0 Å². The lowest BCUT2D eigenvalue weighted by atomic mass is 10.3. The zero-order valence-electron chi connectivity index (χ0n) is 7.50. The van der Waals surface area contributed by atoms with Crippen molar-refractivity contribution in [2.75, 3.05) is 11.5 Å². The molecule has 0 fully saturated rings. The fourth-order valence-electron chi connectivity index (χ4n) is 0.931. The molecule has 1 aromatic carbocycles. The van der Waals surface area contributed by atoms with E-state index in [1.54, 1.807) is 18.2 Å². The Kier molecular flexibility index (Phi) is 4.10. The molecule has 0 heterocycles. The summed E-state index contributed by atoms with van der Waals surface area (Å²) in [5.74, 6) is 0.284. The van der Waals surface area contributed by atoms with Crippen molar-refractivity contribution in [3.05, 3.63) is 23.2 Å². The molecule has 0 saturated heterocycles. The van der Waals surface area contributed by atoms with Gasteiger partial charge in [-0.25, -0.2) is 0 Å². The summed E-state index contributed by atoms with van der Waals surface area (Å²) >= 11 is 7.37. The predicted molar refractivity (Wildman–Crippen MR) is 60.4 cm³/mol. The van der Waals surface area contributed by atoms with Crippen molar-refractivity contribution in [1.29, 1.82) is 0 Å². The molecule has 76 valence electrons. The molecule has 5 heteroatoms. The molecule has 14 heavy (non-hydrogen) atoms. The lowest BCUT2D eigenvalue weighted by Gasteiger charge is -2.05. The Morgan fingerprint density at radius 2 is 2.21 bits per heavy atom. The molecule has 0 aliphatic carbocycles. The molecule has 1 rings (SSSR count). The second-order valence-electron chi connectivity index (χ2n) is 2.72. The van der Waals surface area contributed by atoms with E-state index in [-0.39, 0.29) is 5.91 Å². The minimum absolute atomic E-state index is 0.317. The smallest absolute Gasteiger partial charge is 0.218 e. The monoisotopic (exact) mass is 230 g/mol. The van der Waals surface area contributed by atoms with Crippen molar-refractivity contribution >= 4 is 35.0 Å². The fourth-order valence-corrected chi connectivity index (χ4v) is 2.23. The van der Waals surface area contributed by atoms with Crippen LogP contribution in [0.2, 0.25) is 5.02 Å². The van der Waals surface area contributed by atoms with Crippen molar-refractivity contribution in [3.8, 4) is 0 Å². The van der Waals surface area contributed by atoms with E-state index in [4.69, 9.17) is 23.1 Å². The molecule has 1 amide bonds. The Balaban J connectivity index is 2.62. The van der Waals surface area contributed by atoms with E-state index in [9.17, 15) is 4.79 Å². The van der Waals surface area contributed by atoms with Crippen LogP contribution in [0.3, 0.4) is 0 Å². The highest BCUT2D eigenvalue weighted by Gasteiger charge is 2.05. The highest BCUT2D eigenvalue weighted by Crippen LogP contribution is 2.32. The fraction of sp³-hybridized carbons (Fsp3) is 0.222. The largest absolute Gasteiger partial charge is 0.398 e. The van der Waals surface area contributed by atoms with Crippen LogP contribution < -0.4 is 11.5 Å². The maximum Gasteiger partial charge on any atom is 0.218 e. The standard InChI is InChI=1S/C9H11ClN2OS/c10-6-2-1-3-7(11)9(6)14-5-4-8(12)13/h1-3H,4-5,11H2,(H2,12,13). The van der Waals surface area contributed by atoms with Gasteiger partial charge in [-0.3, -0.25) is 4.79 Å². The number of carbonyl (C=O) groups excluding carboxylic acids is 1. The van der Waals surface area contributed by atoms with Gasteiger partial charge in [-0.05, 0) is 12.1 Å². The number of amides is 1. The number of carbonyl (C=O) groups is 1. The molecule has 0 aliphatic rings. The average molecular weight is 231 g/mol. The summed E-state index contributed by atoms with van der Waals surface area (Å²) in [6.07, 6.45) is 0.329. The lowest BCUT2D eigenvalue weighted by molar-refractivity contribution is -0.117. The molecule has 0 aliphatic heterocycles. The van der Waals surface area contributed by atoms with Crippen LogP contribution in [0.25, 0.3) is 0 Å². The third-order valence-corrected chi connectivity index (χ3v) is 3.17. The second kappa shape index (κ2) is 5.12. The molecule has 0 saturated carbocycles. The van der Waals surface area contributed by atoms with Gasteiger partial charge in [-0.1, -0.05) is 17.7 Å². The van der Waals surface area contributed by atoms with Crippen LogP contribution in [-0.4, -0.2) is 11.7 Å². The highest BCUT2D eigenvalue weighted by atomic mass is 35.5. The summed E-state index contributed by atoms with van der Waals surface area (Å²) in [6.45, 7) is 0. The van der Waals surface area contributed by atoms with Gasteiger partial charge in [0.05, 0.1) is 5.02 Å². The number of nitrogen functional groups attached to an aromatic ring is 1. The number of benzene rings is 1. The van der Waals surface area contributed by atoms with Crippen LogP contribution >= 0.6 is 23.4 Å². The van der Waals surface area contributed by atoms with Gasteiger partial charge in [-0.2, -0.15) is 0 Å². The van der Waals surface area contributed by atoms with Crippen LogP contribution in [-0.2, 0) is 4.79 Å². The van der Waals surface area contributed by atoms with Crippen LogP contribution in [0.15, 0.2) is 23.1 Å². The molecule has 1 aromatic rings. The number of primary amides is 1. The minimum atomic E-state index is -0.317. The van der Waals surface area contributed by atoms with E-state index < -0.39 is 0 Å². The summed E-state index contributed by atoms with van der Waals surface area (Å²) in [7, 11) is 0. The van der Waals surface area contributed by atoms with Crippen LogP contribution in [0.4, 0.5) is 5.69 Å². The first-order valence-corrected chi connectivity index (χ1v) is 5.42. The van der Waals surface area contributed by atoms with Crippen molar-refractivity contribution < 1.29 is 4.79 Å². The van der Waals surface area contributed by atoms with Crippen molar-refractivity contribution in [2.45, 2.75) is 11.3 Å². The molecular weight excluding hydrogens is 220 g/mol. The summed E-state index contributed by atoms with van der Waals surface area (Å²) in [5.41, 5.74) is 11.4. The van der Waals surface area contributed by atoms with Gasteiger partial charge in [0.1, 0.15) is 0 Å². The maximum absolute atomic E-state index is 10.5. The van der Waals surface area contributed by atoms with Crippen LogP contribution in [0.1, 0.15) is 6.42 Å². The first kappa shape index (κ1) is 11.2. The molecule has 0 bridgehead atoms. The SMILES string of the molecule is NC(=O)CCSc1c(N)cccc1Cl. The van der Waals surface area contributed by atoms with Gasteiger partial charge < -0.3 is 11.5 Å². The predicted octanol–water partition coefficient (Wildman–Crippen LogP) is 1.89. The third kappa shape index (κ3) is 3.12. The van der Waals surface area contributed by atoms with E-state index in [0.717, 1.165) is 4.90 Å². The number of rotatable bonds is 4. The number of halogens is 1. The van der Waals surface area contributed by atoms with Crippen LogP contribution in [0.5, 0.6) is 0 Å². The maximum atomic E-state index is 10.5. The molecule has 3 nitrogen and oxygen atoms in total. The van der Waals surface area contributed by atoms with Crippen LogP contribution in [0, 0.1) is 0 Å². The van der Waals surface area contributed by atoms with Gasteiger partial charge in [0, 0.05) is 22.8 Å². The highest BCUT2D eigenvalue weighted by molar-refractivity contribution is 7.99. The molecular formula is C9H11ClN2OS. The Morgan fingerprint density at radius 1 is 1.50 bits per heavy atom. The van der Waals surface area contributed by atoms with Crippen molar-refractivity contribution in [2.24, 2.45) is 5.73 Å². The summed E-state index contributed by atoms with van der Waals surface area (Å²) in [5, 5.41) is 0.611. The molecule has 0 atom stereocenters. The lowest BCUT2D eigenvalue weighted by Crippen LogP contribution is -2.10. The van der Waals surface area contributed by atoms with Crippen molar-refractivity contribution in [1.82, 2.24) is 0 Å². The average Bonchev–Trinajstić information content (AvgIpc) is 2.09.